The lowest BCUT2D eigenvalue weighted by Crippen LogP contribution is -2.31. The largest absolute Gasteiger partial charge is 0.469 e. The summed E-state index contributed by atoms with van der Waals surface area (Å²) in [6.45, 7) is 1.82. The Bertz CT molecular complexity index is 634. The molecule has 6 nitrogen and oxygen atoms in total. The van der Waals surface area contributed by atoms with Crippen LogP contribution in [0.2, 0.25) is 0 Å². The summed E-state index contributed by atoms with van der Waals surface area (Å²) in [6.07, 6.45) is 0.0968. The quantitative estimate of drug-likeness (QED) is 0.855. The smallest absolute Gasteiger partial charge is 0.307 e. The van der Waals surface area contributed by atoms with E-state index in [-0.39, 0.29) is 18.3 Å². The van der Waals surface area contributed by atoms with Crippen LogP contribution in [0.3, 0.4) is 0 Å². The number of hydrogen-bond acceptors (Lipinski definition) is 5. The number of aryl methyl sites for hydroxylation is 2. The predicted molar refractivity (Wildman–Crippen MR) is 79.1 cm³/mol. The minimum atomic E-state index is -0.403. The van der Waals surface area contributed by atoms with Crippen LogP contribution in [0.4, 0.5) is 0 Å². The van der Waals surface area contributed by atoms with E-state index in [2.05, 4.69) is 10.4 Å². The van der Waals surface area contributed by atoms with Crippen molar-refractivity contribution >= 4 is 23.2 Å². The molecule has 0 aliphatic rings. The molecule has 0 bridgehead atoms. The molecule has 0 aromatic carbocycles. The zero-order valence-corrected chi connectivity index (χ0v) is 12.9. The Labute approximate surface area is 126 Å². The summed E-state index contributed by atoms with van der Waals surface area (Å²) in [6, 6.07) is 5.07. The van der Waals surface area contributed by atoms with Crippen molar-refractivity contribution in [3.8, 4) is 0 Å². The third-order valence-electron chi connectivity index (χ3n) is 3.03. The van der Waals surface area contributed by atoms with Crippen molar-refractivity contribution in [2.45, 2.75) is 19.4 Å². The normalized spacial score (nSPS) is 12.0. The molecule has 0 radical (unpaired) electrons. The second-order valence-corrected chi connectivity index (χ2v) is 5.60. The van der Waals surface area contributed by atoms with Crippen LogP contribution in [0.1, 0.15) is 33.5 Å². The monoisotopic (exact) mass is 307 g/mol. The van der Waals surface area contributed by atoms with Crippen molar-refractivity contribution in [2.75, 3.05) is 7.11 Å². The molecule has 0 saturated carbocycles. The van der Waals surface area contributed by atoms with Crippen LogP contribution < -0.4 is 5.32 Å². The number of carbonyl (C=O) groups is 2. The molecule has 0 saturated heterocycles. The maximum absolute atomic E-state index is 12.3. The fourth-order valence-electron chi connectivity index (χ4n) is 2.02. The van der Waals surface area contributed by atoms with Gasteiger partial charge < -0.3 is 10.1 Å². The maximum atomic E-state index is 12.3. The molecule has 2 aromatic rings. The molecular formula is C14H17N3O3S. The zero-order valence-electron chi connectivity index (χ0n) is 12.1. The Balaban J connectivity index is 2.17. The van der Waals surface area contributed by atoms with Crippen molar-refractivity contribution in [1.29, 1.82) is 0 Å². The summed E-state index contributed by atoms with van der Waals surface area (Å²) in [5, 5.41) is 8.91. The highest BCUT2D eigenvalue weighted by Crippen LogP contribution is 2.23. The molecule has 1 unspecified atom stereocenters. The molecule has 0 spiro atoms. The lowest BCUT2D eigenvalue weighted by Gasteiger charge is -2.16. The minimum Gasteiger partial charge on any atom is -0.469 e. The summed E-state index contributed by atoms with van der Waals surface area (Å²) in [7, 11) is 3.04. The Morgan fingerprint density at radius 2 is 2.29 bits per heavy atom. The third kappa shape index (κ3) is 3.69. The van der Waals surface area contributed by atoms with Gasteiger partial charge in [-0.2, -0.15) is 5.10 Å². The molecule has 2 aromatic heterocycles. The van der Waals surface area contributed by atoms with Gasteiger partial charge in [0.1, 0.15) is 5.69 Å². The van der Waals surface area contributed by atoms with Crippen molar-refractivity contribution in [1.82, 2.24) is 15.1 Å². The second kappa shape index (κ2) is 6.53. The molecule has 112 valence electrons. The van der Waals surface area contributed by atoms with Crippen LogP contribution >= 0.6 is 11.3 Å². The summed E-state index contributed by atoms with van der Waals surface area (Å²) < 4.78 is 6.21. The van der Waals surface area contributed by atoms with Gasteiger partial charge in [0.2, 0.25) is 0 Å². The predicted octanol–water partition coefficient (Wildman–Crippen LogP) is 1.82. The average Bonchev–Trinajstić information content (AvgIpc) is 3.07. The third-order valence-corrected chi connectivity index (χ3v) is 4.01. The van der Waals surface area contributed by atoms with E-state index in [9.17, 15) is 9.59 Å². The van der Waals surface area contributed by atoms with E-state index in [0.29, 0.717) is 5.69 Å². The van der Waals surface area contributed by atoms with E-state index in [1.807, 2.05) is 24.4 Å². The highest BCUT2D eigenvalue weighted by Gasteiger charge is 2.22. The number of nitrogens with zero attached hydrogens (tertiary/aromatic N) is 2. The van der Waals surface area contributed by atoms with Gasteiger partial charge in [-0.25, -0.2) is 0 Å². The Morgan fingerprint density at radius 1 is 1.52 bits per heavy atom. The van der Waals surface area contributed by atoms with Gasteiger partial charge in [0.05, 0.1) is 25.3 Å². The summed E-state index contributed by atoms with van der Waals surface area (Å²) in [5.74, 6) is -0.629. The van der Waals surface area contributed by atoms with Gasteiger partial charge in [0, 0.05) is 11.9 Å². The van der Waals surface area contributed by atoms with Gasteiger partial charge >= 0.3 is 5.97 Å². The maximum Gasteiger partial charge on any atom is 0.307 e. The summed E-state index contributed by atoms with van der Waals surface area (Å²) >= 11 is 1.49. The van der Waals surface area contributed by atoms with Crippen LogP contribution in [-0.2, 0) is 16.6 Å². The SMILES string of the molecule is COC(=O)CC(NC(=O)c1cc(C)nn1C)c1cccs1. The van der Waals surface area contributed by atoms with Crippen LogP contribution in [0.15, 0.2) is 23.6 Å². The summed E-state index contributed by atoms with van der Waals surface area (Å²) in [5.41, 5.74) is 1.22. The number of methoxy groups -OCH3 is 1. The number of hydrogen-bond donors (Lipinski definition) is 1. The van der Waals surface area contributed by atoms with Crippen molar-refractivity contribution in [3.05, 3.63) is 39.8 Å². The fraction of sp³-hybridized carbons (Fsp3) is 0.357. The van der Waals surface area contributed by atoms with E-state index in [1.165, 1.54) is 23.1 Å². The van der Waals surface area contributed by atoms with Gasteiger partial charge in [-0.05, 0) is 24.4 Å². The Hall–Kier alpha value is -2.15. The Morgan fingerprint density at radius 3 is 2.81 bits per heavy atom. The van der Waals surface area contributed by atoms with Crippen LogP contribution in [0.5, 0.6) is 0 Å². The van der Waals surface area contributed by atoms with Gasteiger partial charge in [-0.15, -0.1) is 11.3 Å². The fourth-order valence-corrected chi connectivity index (χ4v) is 2.80. The average molecular weight is 307 g/mol. The number of thiophene rings is 1. The van der Waals surface area contributed by atoms with Gasteiger partial charge in [-0.1, -0.05) is 6.07 Å². The number of carbonyl (C=O) groups excluding carboxylic acids is 2. The molecule has 1 N–H and O–H groups in total. The van der Waals surface area contributed by atoms with Crippen molar-refractivity contribution in [2.24, 2.45) is 7.05 Å². The van der Waals surface area contributed by atoms with Crippen LogP contribution in [0, 0.1) is 6.92 Å². The molecule has 21 heavy (non-hydrogen) atoms. The number of amides is 1. The first-order valence-corrected chi connectivity index (χ1v) is 7.31. The number of esters is 1. The van der Waals surface area contributed by atoms with Gasteiger partial charge in [0.25, 0.3) is 5.91 Å². The van der Waals surface area contributed by atoms with Gasteiger partial charge in [0.15, 0.2) is 0 Å². The number of rotatable bonds is 5. The summed E-state index contributed by atoms with van der Waals surface area (Å²) in [4.78, 5) is 24.8. The van der Waals surface area contributed by atoms with Crippen LogP contribution in [0.25, 0.3) is 0 Å². The Kier molecular flexibility index (Phi) is 4.74. The van der Waals surface area contributed by atoms with Crippen molar-refractivity contribution in [3.63, 3.8) is 0 Å². The van der Waals surface area contributed by atoms with Gasteiger partial charge in [-0.3, -0.25) is 14.3 Å². The second-order valence-electron chi connectivity index (χ2n) is 4.62. The zero-order chi connectivity index (χ0) is 15.4. The molecule has 0 aliphatic heterocycles. The number of aromatic nitrogens is 2. The lowest BCUT2D eigenvalue weighted by atomic mass is 10.1. The standard InChI is InChI=1S/C14H17N3O3S/c1-9-7-11(17(2)16-9)14(19)15-10(8-13(18)20-3)12-5-4-6-21-12/h4-7,10H,8H2,1-3H3,(H,15,19). The minimum absolute atomic E-state index is 0.0968. The molecule has 1 amide bonds. The van der Waals surface area contributed by atoms with Crippen LogP contribution in [-0.4, -0.2) is 28.8 Å². The molecule has 0 fully saturated rings. The molecule has 2 heterocycles. The van der Waals surface area contributed by atoms with E-state index in [4.69, 9.17) is 4.74 Å². The lowest BCUT2D eigenvalue weighted by molar-refractivity contribution is -0.141. The van der Waals surface area contributed by atoms with E-state index >= 15 is 0 Å². The molecule has 7 heteroatoms. The topological polar surface area (TPSA) is 73.2 Å². The highest BCUT2D eigenvalue weighted by molar-refractivity contribution is 7.10. The van der Waals surface area contributed by atoms with E-state index in [1.54, 1.807) is 13.1 Å². The first-order valence-electron chi connectivity index (χ1n) is 6.43. The van der Waals surface area contributed by atoms with E-state index < -0.39 is 6.04 Å². The molecule has 2 rings (SSSR count). The molecule has 1 atom stereocenters. The van der Waals surface area contributed by atoms with Crippen molar-refractivity contribution < 1.29 is 14.3 Å². The number of nitrogens with one attached hydrogen (secondary N) is 1. The molecular weight excluding hydrogens is 290 g/mol. The molecule has 0 aliphatic carbocycles. The first-order chi connectivity index (χ1) is 10.0. The first kappa shape index (κ1) is 15.2. The van der Waals surface area contributed by atoms with E-state index in [0.717, 1.165) is 10.6 Å². The highest BCUT2D eigenvalue weighted by atomic mass is 32.1. The number of ether oxygens (including phenoxy) is 1.